The molecule has 0 radical (unpaired) electrons. The number of thiazole rings is 1. The monoisotopic (exact) mass is 198 g/mol. The summed E-state index contributed by atoms with van der Waals surface area (Å²) in [5.41, 5.74) is 1.14. The molecule has 3 heteroatoms. The summed E-state index contributed by atoms with van der Waals surface area (Å²) in [5.74, 6) is 0.661. The fourth-order valence-electron chi connectivity index (χ4n) is 1.36. The molecule has 1 unspecified atom stereocenters. The molecule has 1 rings (SSSR count). The zero-order valence-corrected chi connectivity index (χ0v) is 9.61. The lowest BCUT2D eigenvalue weighted by molar-refractivity contribution is 0.424. The molecule has 1 N–H and O–H groups in total. The molecule has 0 spiro atoms. The average molecular weight is 198 g/mol. The van der Waals surface area contributed by atoms with Gasteiger partial charge < -0.3 is 5.32 Å². The van der Waals surface area contributed by atoms with E-state index >= 15 is 0 Å². The van der Waals surface area contributed by atoms with Crippen molar-refractivity contribution in [3.8, 4) is 0 Å². The molecule has 0 aromatic carbocycles. The van der Waals surface area contributed by atoms with Crippen LogP contribution in [0.5, 0.6) is 0 Å². The van der Waals surface area contributed by atoms with Gasteiger partial charge in [-0.15, -0.1) is 11.3 Å². The summed E-state index contributed by atoms with van der Waals surface area (Å²) in [6.45, 7) is 6.52. The Kier molecular flexibility index (Phi) is 3.88. The summed E-state index contributed by atoms with van der Waals surface area (Å²) in [6, 6.07) is 0.547. The first-order chi connectivity index (χ1) is 6.13. The summed E-state index contributed by atoms with van der Waals surface area (Å²) in [7, 11) is 2.02. The van der Waals surface area contributed by atoms with Crippen LogP contribution in [0.25, 0.3) is 0 Å². The van der Waals surface area contributed by atoms with Crippen LogP contribution in [0.1, 0.15) is 24.5 Å². The highest BCUT2D eigenvalue weighted by Crippen LogP contribution is 2.14. The van der Waals surface area contributed by atoms with Crippen LogP contribution in [0.4, 0.5) is 0 Å². The number of nitrogens with one attached hydrogen (secondary N) is 1. The number of rotatable bonds is 4. The van der Waals surface area contributed by atoms with Gasteiger partial charge in [0.2, 0.25) is 0 Å². The number of hydrogen-bond acceptors (Lipinski definition) is 3. The van der Waals surface area contributed by atoms with Crippen LogP contribution >= 0.6 is 11.3 Å². The van der Waals surface area contributed by atoms with E-state index in [1.807, 2.05) is 14.0 Å². The molecule has 1 heterocycles. The van der Waals surface area contributed by atoms with Gasteiger partial charge in [-0.05, 0) is 19.9 Å². The van der Waals surface area contributed by atoms with Crippen molar-refractivity contribution in [2.45, 2.75) is 33.2 Å². The zero-order valence-electron chi connectivity index (χ0n) is 8.79. The lowest BCUT2D eigenvalue weighted by Crippen LogP contribution is -2.32. The van der Waals surface area contributed by atoms with Gasteiger partial charge in [0.25, 0.3) is 0 Å². The minimum Gasteiger partial charge on any atom is -0.316 e. The molecule has 0 saturated carbocycles. The lowest BCUT2D eigenvalue weighted by Gasteiger charge is -2.18. The van der Waals surface area contributed by atoms with Crippen molar-refractivity contribution in [3.63, 3.8) is 0 Å². The summed E-state index contributed by atoms with van der Waals surface area (Å²) >= 11 is 1.76. The van der Waals surface area contributed by atoms with Gasteiger partial charge >= 0.3 is 0 Å². The van der Waals surface area contributed by atoms with Gasteiger partial charge in [0, 0.05) is 23.5 Å². The van der Waals surface area contributed by atoms with E-state index in [1.54, 1.807) is 11.3 Å². The SMILES string of the molecule is CNC(Cc1nc(C)cs1)C(C)C. The average Bonchev–Trinajstić information content (AvgIpc) is 2.46. The number of nitrogens with zero attached hydrogens (tertiary/aromatic N) is 1. The third kappa shape index (κ3) is 3.08. The van der Waals surface area contributed by atoms with Crippen molar-refractivity contribution >= 4 is 11.3 Å². The highest BCUT2D eigenvalue weighted by molar-refractivity contribution is 7.09. The first kappa shape index (κ1) is 10.7. The van der Waals surface area contributed by atoms with Crippen LogP contribution in [0, 0.1) is 12.8 Å². The van der Waals surface area contributed by atoms with Crippen LogP contribution < -0.4 is 5.32 Å². The Balaban J connectivity index is 2.56. The van der Waals surface area contributed by atoms with Crippen molar-refractivity contribution in [1.82, 2.24) is 10.3 Å². The number of aromatic nitrogens is 1. The van der Waals surface area contributed by atoms with Gasteiger partial charge in [0.05, 0.1) is 5.01 Å². The van der Waals surface area contributed by atoms with Gasteiger partial charge in [-0.3, -0.25) is 0 Å². The van der Waals surface area contributed by atoms with Crippen LogP contribution in [0.3, 0.4) is 0 Å². The highest BCUT2D eigenvalue weighted by Gasteiger charge is 2.12. The van der Waals surface area contributed by atoms with Crippen LogP contribution in [0.2, 0.25) is 0 Å². The Hall–Kier alpha value is -0.410. The summed E-state index contributed by atoms with van der Waals surface area (Å²) in [4.78, 5) is 4.46. The van der Waals surface area contributed by atoms with E-state index in [2.05, 4.69) is 29.5 Å². The van der Waals surface area contributed by atoms with Crippen LogP contribution in [0.15, 0.2) is 5.38 Å². The molecule has 0 fully saturated rings. The number of likely N-dealkylation sites (N-methyl/N-ethyl adjacent to an activating group) is 1. The van der Waals surface area contributed by atoms with Crippen molar-refractivity contribution in [2.75, 3.05) is 7.05 Å². The molecule has 0 amide bonds. The predicted molar refractivity (Wildman–Crippen MR) is 58.2 cm³/mol. The topological polar surface area (TPSA) is 24.9 Å². The molecular weight excluding hydrogens is 180 g/mol. The van der Waals surface area contributed by atoms with E-state index in [-0.39, 0.29) is 0 Å². The molecule has 1 aromatic rings. The summed E-state index contributed by atoms with van der Waals surface area (Å²) in [5, 5.41) is 6.68. The van der Waals surface area contributed by atoms with Gasteiger partial charge in [-0.2, -0.15) is 0 Å². The quantitative estimate of drug-likeness (QED) is 0.802. The molecule has 0 aliphatic rings. The number of aryl methyl sites for hydroxylation is 1. The molecular formula is C10H18N2S. The minimum atomic E-state index is 0.547. The molecule has 0 bridgehead atoms. The molecule has 0 aliphatic carbocycles. The second-order valence-corrected chi connectivity index (χ2v) is 4.67. The van der Waals surface area contributed by atoms with E-state index in [9.17, 15) is 0 Å². The maximum absolute atomic E-state index is 4.46. The molecule has 1 atom stereocenters. The molecule has 74 valence electrons. The smallest absolute Gasteiger partial charge is 0.0943 e. The fraction of sp³-hybridized carbons (Fsp3) is 0.700. The van der Waals surface area contributed by atoms with Crippen molar-refractivity contribution < 1.29 is 0 Å². The largest absolute Gasteiger partial charge is 0.316 e. The lowest BCUT2D eigenvalue weighted by atomic mass is 10.0. The van der Waals surface area contributed by atoms with E-state index < -0.39 is 0 Å². The van der Waals surface area contributed by atoms with Crippen molar-refractivity contribution in [2.24, 2.45) is 5.92 Å². The van der Waals surface area contributed by atoms with Crippen LogP contribution in [-0.4, -0.2) is 18.1 Å². The standard InChI is InChI=1S/C10H18N2S/c1-7(2)9(11-4)5-10-12-8(3)6-13-10/h6-7,9,11H,5H2,1-4H3. The normalized spacial score (nSPS) is 13.6. The molecule has 13 heavy (non-hydrogen) atoms. The second-order valence-electron chi connectivity index (χ2n) is 3.73. The third-order valence-electron chi connectivity index (χ3n) is 2.24. The molecule has 1 aromatic heterocycles. The second kappa shape index (κ2) is 4.72. The molecule has 0 aliphatic heterocycles. The highest BCUT2D eigenvalue weighted by atomic mass is 32.1. The fourth-order valence-corrected chi connectivity index (χ4v) is 2.19. The van der Waals surface area contributed by atoms with Gasteiger partial charge in [-0.1, -0.05) is 13.8 Å². The van der Waals surface area contributed by atoms with E-state index in [0.717, 1.165) is 12.1 Å². The van der Waals surface area contributed by atoms with Gasteiger partial charge in [0.15, 0.2) is 0 Å². The number of hydrogen-bond donors (Lipinski definition) is 1. The first-order valence-electron chi connectivity index (χ1n) is 4.71. The van der Waals surface area contributed by atoms with E-state index in [1.165, 1.54) is 5.01 Å². The first-order valence-corrected chi connectivity index (χ1v) is 5.59. The Labute approximate surface area is 84.4 Å². The third-order valence-corrected chi connectivity index (χ3v) is 3.23. The maximum atomic E-state index is 4.46. The van der Waals surface area contributed by atoms with Gasteiger partial charge in [-0.25, -0.2) is 4.98 Å². The van der Waals surface area contributed by atoms with Crippen LogP contribution in [-0.2, 0) is 6.42 Å². The van der Waals surface area contributed by atoms with Crippen molar-refractivity contribution in [1.29, 1.82) is 0 Å². The Bertz CT molecular complexity index is 255. The Morgan fingerprint density at radius 3 is 2.62 bits per heavy atom. The van der Waals surface area contributed by atoms with Crippen molar-refractivity contribution in [3.05, 3.63) is 16.1 Å². The zero-order chi connectivity index (χ0) is 9.84. The van der Waals surface area contributed by atoms with Gasteiger partial charge in [0.1, 0.15) is 0 Å². The Morgan fingerprint density at radius 2 is 2.23 bits per heavy atom. The van der Waals surface area contributed by atoms with E-state index in [0.29, 0.717) is 12.0 Å². The summed E-state index contributed by atoms with van der Waals surface area (Å²) in [6.07, 6.45) is 1.05. The van der Waals surface area contributed by atoms with E-state index in [4.69, 9.17) is 0 Å². The molecule has 2 nitrogen and oxygen atoms in total. The Morgan fingerprint density at radius 1 is 1.54 bits per heavy atom. The predicted octanol–water partition coefficient (Wildman–Crippen LogP) is 2.24. The minimum absolute atomic E-state index is 0.547. The maximum Gasteiger partial charge on any atom is 0.0943 e. The summed E-state index contributed by atoms with van der Waals surface area (Å²) < 4.78 is 0. The molecule has 0 saturated heterocycles.